The molecule has 0 aromatic carbocycles. The third-order valence-electron chi connectivity index (χ3n) is 1.14. The van der Waals surface area contributed by atoms with Crippen LogP contribution in [-0.2, 0) is 9.59 Å². The van der Waals surface area contributed by atoms with E-state index in [4.69, 9.17) is 15.3 Å². The predicted octanol–water partition coefficient (Wildman–Crippen LogP) is -1.64. The molecule has 0 heterocycles. The first-order valence-corrected chi connectivity index (χ1v) is 2.97. The van der Waals surface area contributed by atoms with E-state index in [1.54, 1.807) is 0 Å². The highest BCUT2D eigenvalue weighted by atomic mass is 16.4. The number of rotatable bonds is 4. The van der Waals surface area contributed by atoms with Gasteiger partial charge in [-0.2, -0.15) is 0 Å². The number of aliphatic carboxylic acids is 1. The average Bonchev–Trinajstić information content (AvgIpc) is 2.05. The van der Waals surface area contributed by atoms with Gasteiger partial charge in [-0.1, -0.05) is 6.58 Å². The fraction of sp³-hybridized carbons (Fsp3) is 0.333. The van der Waals surface area contributed by atoms with Crippen LogP contribution in [0.25, 0.3) is 0 Å². The third kappa shape index (κ3) is 2.33. The molecule has 0 saturated carbocycles. The minimum Gasteiger partial charge on any atom is -0.478 e. The van der Waals surface area contributed by atoms with Crippen LogP contribution in [-0.4, -0.2) is 45.6 Å². The smallest absolute Gasteiger partial charge is 0.340 e. The summed E-state index contributed by atoms with van der Waals surface area (Å²) in [5.41, 5.74) is -0.696. The fourth-order valence-electron chi connectivity index (χ4n) is 0.456. The maximum atomic E-state index is 10.9. The normalized spacial score (nSPS) is 9.17. The van der Waals surface area contributed by atoms with Gasteiger partial charge in [0.05, 0.1) is 0 Å². The molecule has 3 N–H and O–H groups in total. The summed E-state index contributed by atoms with van der Waals surface area (Å²) >= 11 is 0. The summed E-state index contributed by atoms with van der Waals surface area (Å²) in [6.07, 6.45) is 0. The second kappa shape index (κ2) is 4.47. The molecular weight excluding hydrogens is 166 g/mol. The molecule has 6 nitrogen and oxygen atoms in total. The molecule has 0 aliphatic heterocycles. The van der Waals surface area contributed by atoms with Crippen molar-refractivity contribution in [3.8, 4) is 0 Å². The van der Waals surface area contributed by atoms with E-state index in [1.165, 1.54) is 0 Å². The second-order valence-electron chi connectivity index (χ2n) is 1.91. The maximum absolute atomic E-state index is 10.9. The van der Waals surface area contributed by atoms with Gasteiger partial charge in [-0.25, -0.2) is 4.79 Å². The Morgan fingerprint density at radius 3 is 1.92 bits per heavy atom. The summed E-state index contributed by atoms with van der Waals surface area (Å²) < 4.78 is 0. The number of nitrogens with zero attached hydrogens (tertiary/aromatic N) is 1. The van der Waals surface area contributed by atoms with Crippen LogP contribution in [0.15, 0.2) is 12.2 Å². The number of hydrogen-bond acceptors (Lipinski definition) is 4. The Labute approximate surface area is 68.3 Å². The van der Waals surface area contributed by atoms with E-state index in [-0.39, 0.29) is 0 Å². The molecular formula is C6H9NO5. The standard InChI is InChI=1S/C6H9NO5/c1-4(6(11)12)5(10)7(2-8)3-9/h8-9H,1-3H2,(H,11,12). The van der Waals surface area contributed by atoms with Crippen LogP contribution in [0.2, 0.25) is 0 Å². The highest BCUT2D eigenvalue weighted by Gasteiger charge is 2.19. The van der Waals surface area contributed by atoms with Crippen molar-refractivity contribution in [3.63, 3.8) is 0 Å². The average molecular weight is 175 g/mol. The Balaban J connectivity index is 4.37. The van der Waals surface area contributed by atoms with Crippen molar-refractivity contribution in [2.75, 3.05) is 13.5 Å². The topological polar surface area (TPSA) is 98.1 Å². The third-order valence-corrected chi connectivity index (χ3v) is 1.14. The van der Waals surface area contributed by atoms with Gasteiger partial charge in [0.15, 0.2) is 0 Å². The number of aliphatic hydroxyl groups excluding tert-OH is 2. The summed E-state index contributed by atoms with van der Waals surface area (Å²) in [5.74, 6) is -2.49. The lowest BCUT2D eigenvalue weighted by atomic mass is 10.3. The van der Waals surface area contributed by atoms with Crippen LogP contribution in [0.4, 0.5) is 0 Å². The minimum absolute atomic E-state index is 0.524. The van der Waals surface area contributed by atoms with E-state index in [0.717, 1.165) is 0 Å². The first-order valence-electron chi connectivity index (χ1n) is 2.97. The molecule has 0 aromatic heterocycles. The minimum atomic E-state index is -1.48. The summed E-state index contributed by atoms with van der Waals surface area (Å²) in [4.78, 5) is 21.6. The molecule has 0 atom stereocenters. The highest BCUT2D eigenvalue weighted by Crippen LogP contribution is 1.97. The van der Waals surface area contributed by atoms with Gasteiger partial charge in [0, 0.05) is 0 Å². The number of carboxylic acid groups (broad SMARTS) is 1. The molecule has 1 amide bonds. The molecule has 12 heavy (non-hydrogen) atoms. The van der Waals surface area contributed by atoms with Gasteiger partial charge in [-0.05, 0) is 0 Å². The fourth-order valence-corrected chi connectivity index (χ4v) is 0.456. The molecule has 0 rings (SSSR count). The Kier molecular flexibility index (Phi) is 3.95. The lowest BCUT2D eigenvalue weighted by Gasteiger charge is -2.15. The number of carboxylic acids is 1. The van der Waals surface area contributed by atoms with Gasteiger partial charge in [-0.3, -0.25) is 9.69 Å². The molecule has 0 saturated heterocycles. The number of aliphatic hydroxyl groups is 2. The van der Waals surface area contributed by atoms with Crippen molar-refractivity contribution in [3.05, 3.63) is 12.2 Å². The van der Waals surface area contributed by atoms with E-state index >= 15 is 0 Å². The van der Waals surface area contributed by atoms with Gasteiger partial charge in [0.2, 0.25) is 0 Å². The number of hydrogen-bond donors (Lipinski definition) is 3. The van der Waals surface area contributed by atoms with E-state index in [2.05, 4.69) is 6.58 Å². The van der Waals surface area contributed by atoms with Crippen LogP contribution in [0.3, 0.4) is 0 Å². The summed E-state index contributed by atoms with van der Waals surface area (Å²) in [6.45, 7) is 1.46. The Hall–Kier alpha value is -1.40. The molecule has 68 valence electrons. The first-order chi connectivity index (χ1) is 5.54. The molecule has 0 radical (unpaired) electrons. The van der Waals surface area contributed by atoms with E-state index < -0.39 is 30.9 Å². The molecule has 0 unspecified atom stereocenters. The zero-order chi connectivity index (χ0) is 9.72. The molecule has 6 heteroatoms. The van der Waals surface area contributed by atoms with Crippen molar-refractivity contribution in [1.82, 2.24) is 4.90 Å². The van der Waals surface area contributed by atoms with Crippen LogP contribution >= 0.6 is 0 Å². The Morgan fingerprint density at radius 1 is 1.25 bits per heavy atom. The van der Waals surface area contributed by atoms with Crippen LogP contribution in [0.1, 0.15) is 0 Å². The summed E-state index contributed by atoms with van der Waals surface area (Å²) in [7, 11) is 0. The van der Waals surface area contributed by atoms with E-state index in [1.807, 2.05) is 0 Å². The predicted molar refractivity (Wildman–Crippen MR) is 37.8 cm³/mol. The molecule has 0 fully saturated rings. The quantitative estimate of drug-likeness (QED) is 0.206. The molecule has 0 bridgehead atoms. The van der Waals surface area contributed by atoms with Crippen LogP contribution in [0, 0.1) is 0 Å². The molecule has 0 aromatic rings. The molecule has 0 aliphatic rings. The second-order valence-corrected chi connectivity index (χ2v) is 1.91. The number of carbonyl (C=O) groups is 2. The maximum Gasteiger partial charge on any atom is 0.340 e. The van der Waals surface area contributed by atoms with Crippen molar-refractivity contribution in [1.29, 1.82) is 0 Å². The first kappa shape index (κ1) is 10.6. The van der Waals surface area contributed by atoms with Gasteiger partial charge >= 0.3 is 5.97 Å². The summed E-state index contributed by atoms with van der Waals surface area (Å²) in [5, 5.41) is 25.2. The SMILES string of the molecule is C=C(C(=O)O)C(=O)N(CO)CO. The molecule has 0 spiro atoms. The lowest BCUT2D eigenvalue weighted by molar-refractivity contribution is -0.141. The Morgan fingerprint density at radius 2 is 1.67 bits per heavy atom. The summed E-state index contributed by atoms with van der Waals surface area (Å²) in [6, 6.07) is 0. The van der Waals surface area contributed by atoms with E-state index in [9.17, 15) is 9.59 Å². The van der Waals surface area contributed by atoms with Gasteiger partial charge < -0.3 is 15.3 Å². The zero-order valence-corrected chi connectivity index (χ0v) is 6.23. The van der Waals surface area contributed by atoms with Gasteiger partial charge in [0.1, 0.15) is 19.0 Å². The van der Waals surface area contributed by atoms with Crippen molar-refractivity contribution < 1.29 is 24.9 Å². The van der Waals surface area contributed by atoms with Gasteiger partial charge in [0.25, 0.3) is 5.91 Å². The largest absolute Gasteiger partial charge is 0.478 e. The number of carbonyl (C=O) groups excluding carboxylic acids is 1. The lowest BCUT2D eigenvalue weighted by Crippen LogP contribution is -2.35. The van der Waals surface area contributed by atoms with E-state index in [0.29, 0.717) is 4.90 Å². The van der Waals surface area contributed by atoms with Gasteiger partial charge in [-0.15, -0.1) is 0 Å². The Bertz CT molecular complexity index is 208. The van der Waals surface area contributed by atoms with Crippen LogP contribution in [0.5, 0.6) is 0 Å². The van der Waals surface area contributed by atoms with Crippen molar-refractivity contribution in [2.24, 2.45) is 0 Å². The highest BCUT2D eigenvalue weighted by molar-refractivity contribution is 6.14. The zero-order valence-electron chi connectivity index (χ0n) is 6.23. The monoisotopic (exact) mass is 175 g/mol. The number of amides is 1. The van der Waals surface area contributed by atoms with Crippen molar-refractivity contribution >= 4 is 11.9 Å². The molecule has 0 aliphatic carbocycles. The van der Waals surface area contributed by atoms with Crippen molar-refractivity contribution in [2.45, 2.75) is 0 Å². The van der Waals surface area contributed by atoms with Crippen LogP contribution < -0.4 is 0 Å².